The van der Waals surface area contributed by atoms with E-state index in [1.807, 2.05) is 28.8 Å². The van der Waals surface area contributed by atoms with Gasteiger partial charge in [0.25, 0.3) is 5.91 Å². The number of carbonyl (C=O) groups is 2. The molecule has 0 saturated carbocycles. The Labute approximate surface area is 247 Å². The molecule has 3 fully saturated rings. The van der Waals surface area contributed by atoms with E-state index in [0.29, 0.717) is 36.1 Å². The summed E-state index contributed by atoms with van der Waals surface area (Å²) in [5, 5.41) is 11.4. The van der Waals surface area contributed by atoms with E-state index in [2.05, 4.69) is 23.0 Å². The smallest absolute Gasteiger partial charge is 0.256 e. The summed E-state index contributed by atoms with van der Waals surface area (Å²) >= 11 is 0. The fraction of sp³-hybridized carbons (Fsp3) is 0.545. The van der Waals surface area contributed by atoms with Crippen LogP contribution in [0.25, 0.3) is 16.6 Å². The van der Waals surface area contributed by atoms with Crippen LogP contribution >= 0.6 is 0 Å². The zero-order valence-corrected chi connectivity index (χ0v) is 24.9. The summed E-state index contributed by atoms with van der Waals surface area (Å²) in [5.74, 6) is 0.621. The highest BCUT2D eigenvalue weighted by atomic mass is 19.1. The normalized spacial score (nSPS) is 23.8. The molecule has 3 atom stereocenters. The molecule has 9 heteroatoms. The number of amides is 2. The van der Waals surface area contributed by atoms with Gasteiger partial charge in [0.2, 0.25) is 5.91 Å². The second-order valence-electron chi connectivity index (χ2n) is 12.7. The predicted molar refractivity (Wildman–Crippen MR) is 160 cm³/mol. The number of piperidine rings is 1. The Morgan fingerprint density at radius 1 is 1.05 bits per heavy atom. The van der Waals surface area contributed by atoms with E-state index < -0.39 is 11.9 Å². The lowest BCUT2D eigenvalue weighted by molar-refractivity contribution is -0.130. The van der Waals surface area contributed by atoms with E-state index in [-0.39, 0.29) is 17.9 Å². The van der Waals surface area contributed by atoms with Crippen LogP contribution in [0.15, 0.2) is 36.8 Å². The lowest BCUT2D eigenvalue weighted by Crippen LogP contribution is -2.40. The van der Waals surface area contributed by atoms with Gasteiger partial charge < -0.3 is 24.4 Å². The second-order valence-corrected chi connectivity index (χ2v) is 12.7. The molecule has 2 aromatic heterocycles. The van der Waals surface area contributed by atoms with Crippen LogP contribution in [0.5, 0.6) is 0 Å². The first-order chi connectivity index (χ1) is 20.2. The lowest BCUT2D eigenvalue weighted by Gasteiger charge is -2.33. The van der Waals surface area contributed by atoms with Gasteiger partial charge >= 0.3 is 0 Å². The largest absolute Gasteiger partial charge is 0.391 e. The highest BCUT2D eigenvalue weighted by Gasteiger charge is 2.35. The molecule has 224 valence electrons. The van der Waals surface area contributed by atoms with Crippen LogP contribution in [-0.2, 0) is 11.2 Å². The molecule has 2 unspecified atom stereocenters. The van der Waals surface area contributed by atoms with Crippen molar-refractivity contribution < 1.29 is 19.1 Å². The molecule has 6 rings (SSSR count). The highest BCUT2D eigenvalue weighted by molar-refractivity contribution is 5.99. The van der Waals surface area contributed by atoms with E-state index in [1.54, 1.807) is 17.9 Å². The van der Waals surface area contributed by atoms with Crippen LogP contribution in [0.2, 0.25) is 0 Å². The van der Waals surface area contributed by atoms with Crippen LogP contribution in [0, 0.1) is 24.6 Å². The zero-order chi connectivity index (χ0) is 29.5. The monoisotopic (exact) mass is 575 g/mol. The summed E-state index contributed by atoms with van der Waals surface area (Å²) < 4.78 is 16.5. The van der Waals surface area contributed by atoms with E-state index >= 15 is 0 Å². The van der Waals surface area contributed by atoms with Gasteiger partial charge in [-0.05, 0) is 93.7 Å². The molecule has 1 aromatic carbocycles. The van der Waals surface area contributed by atoms with Gasteiger partial charge in [-0.25, -0.2) is 4.39 Å². The molecular formula is C33H42FN5O3. The molecule has 1 N–H and O–H groups in total. The second kappa shape index (κ2) is 11.8. The number of fused-ring (bicyclic) bond motifs is 1. The molecule has 0 aliphatic carbocycles. The van der Waals surface area contributed by atoms with E-state index in [1.165, 1.54) is 17.7 Å². The number of aliphatic hydroxyl groups excluding tert-OH is 1. The average molecular weight is 576 g/mol. The SMILES string of the molecule is CC(=O)N1CCC(CN2CC[C@@H](Cc3cn(-c4ccc(F)cc4C(=O)N4CCC(O)C4C)c4cncc(C)c34)C2)CC1. The Balaban J connectivity index is 1.24. The third-order valence-electron chi connectivity index (χ3n) is 9.86. The van der Waals surface area contributed by atoms with Crippen LogP contribution in [0.3, 0.4) is 0 Å². The topological polar surface area (TPSA) is 81.9 Å². The number of hydrogen-bond donors (Lipinski definition) is 1. The molecule has 0 bridgehead atoms. The number of aromatic nitrogens is 2. The summed E-state index contributed by atoms with van der Waals surface area (Å²) in [6.45, 7) is 11.0. The quantitative estimate of drug-likeness (QED) is 0.477. The first-order valence-electron chi connectivity index (χ1n) is 15.4. The van der Waals surface area contributed by atoms with Gasteiger partial charge in [-0.2, -0.15) is 0 Å². The van der Waals surface area contributed by atoms with Gasteiger partial charge in [-0.3, -0.25) is 14.6 Å². The molecule has 5 heterocycles. The van der Waals surface area contributed by atoms with Crippen molar-refractivity contribution in [3.63, 3.8) is 0 Å². The van der Waals surface area contributed by atoms with Crippen molar-refractivity contribution in [2.75, 3.05) is 39.3 Å². The highest BCUT2D eigenvalue weighted by Crippen LogP contribution is 2.33. The molecule has 2 amide bonds. The van der Waals surface area contributed by atoms with Crippen LogP contribution in [0.4, 0.5) is 4.39 Å². The number of aryl methyl sites for hydroxylation is 1. The van der Waals surface area contributed by atoms with Crippen molar-refractivity contribution in [1.29, 1.82) is 0 Å². The Kier molecular flexibility index (Phi) is 8.07. The van der Waals surface area contributed by atoms with E-state index in [4.69, 9.17) is 0 Å². The van der Waals surface area contributed by atoms with Crippen molar-refractivity contribution in [1.82, 2.24) is 24.3 Å². The minimum absolute atomic E-state index is 0.181. The Hall–Kier alpha value is -3.30. The van der Waals surface area contributed by atoms with Gasteiger partial charge in [-0.1, -0.05) is 0 Å². The molecule has 0 radical (unpaired) electrons. The molecule has 0 spiro atoms. The van der Waals surface area contributed by atoms with Crippen molar-refractivity contribution in [2.45, 2.75) is 65.0 Å². The number of pyridine rings is 1. The Morgan fingerprint density at radius 3 is 2.52 bits per heavy atom. The molecular weight excluding hydrogens is 533 g/mol. The minimum Gasteiger partial charge on any atom is -0.391 e. The van der Waals surface area contributed by atoms with Crippen LogP contribution < -0.4 is 0 Å². The molecule has 42 heavy (non-hydrogen) atoms. The van der Waals surface area contributed by atoms with Crippen molar-refractivity contribution in [3.8, 4) is 5.69 Å². The van der Waals surface area contributed by atoms with E-state index in [9.17, 15) is 19.1 Å². The number of rotatable bonds is 6. The van der Waals surface area contributed by atoms with Gasteiger partial charge in [-0.15, -0.1) is 0 Å². The van der Waals surface area contributed by atoms with Crippen molar-refractivity contribution in [2.24, 2.45) is 11.8 Å². The lowest BCUT2D eigenvalue weighted by atomic mass is 9.96. The number of nitrogens with zero attached hydrogens (tertiary/aromatic N) is 5. The summed E-state index contributed by atoms with van der Waals surface area (Å²) in [5.41, 5.74) is 4.14. The third-order valence-corrected chi connectivity index (χ3v) is 9.86. The molecule has 3 aromatic rings. The summed E-state index contributed by atoms with van der Waals surface area (Å²) in [4.78, 5) is 36.1. The van der Waals surface area contributed by atoms with Crippen LogP contribution in [0.1, 0.15) is 61.0 Å². The summed E-state index contributed by atoms with van der Waals surface area (Å²) in [6.07, 6.45) is 10.00. The standard InChI is InChI=1S/C33H42FN5O3/c1-21-16-35-17-30-32(21)26(14-25-6-10-36(19-25)18-24-7-11-37(12-8-24)23(3)40)20-39(30)29-5-4-27(34)15-28(29)33(42)38-13-9-31(41)22(38)2/h4-5,15-17,20,22,24-25,31,41H,6-14,18-19H2,1-3H3/t22?,25-,31?/m0/s1. The predicted octanol–water partition coefficient (Wildman–Crippen LogP) is 4.19. The number of halogens is 1. The first kappa shape index (κ1) is 28.8. The zero-order valence-electron chi connectivity index (χ0n) is 24.9. The maximum absolute atomic E-state index is 14.5. The van der Waals surface area contributed by atoms with Crippen molar-refractivity contribution in [3.05, 3.63) is 59.3 Å². The molecule has 3 saturated heterocycles. The maximum atomic E-state index is 14.5. The average Bonchev–Trinajstić information content (AvgIpc) is 3.67. The van der Waals surface area contributed by atoms with Gasteiger partial charge in [0.05, 0.1) is 35.1 Å². The number of carbonyl (C=O) groups excluding carboxylic acids is 2. The number of likely N-dealkylation sites (tertiary alicyclic amines) is 3. The van der Waals surface area contributed by atoms with Crippen molar-refractivity contribution >= 4 is 22.7 Å². The molecule has 3 aliphatic heterocycles. The number of hydrogen-bond acceptors (Lipinski definition) is 5. The Bertz CT molecular complexity index is 1480. The van der Waals surface area contributed by atoms with Gasteiger partial charge in [0, 0.05) is 57.4 Å². The van der Waals surface area contributed by atoms with Gasteiger partial charge in [0.1, 0.15) is 5.82 Å². The van der Waals surface area contributed by atoms with Crippen LogP contribution in [-0.4, -0.2) is 92.6 Å². The maximum Gasteiger partial charge on any atom is 0.256 e. The molecule has 8 nitrogen and oxygen atoms in total. The minimum atomic E-state index is -0.573. The fourth-order valence-electron chi connectivity index (χ4n) is 7.40. The number of aliphatic hydroxyl groups is 1. The van der Waals surface area contributed by atoms with Gasteiger partial charge in [0.15, 0.2) is 0 Å². The summed E-state index contributed by atoms with van der Waals surface area (Å²) in [6, 6.07) is 4.08. The third kappa shape index (κ3) is 5.56. The van der Waals surface area contributed by atoms with E-state index in [0.717, 1.165) is 74.9 Å². The fourth-order valence-corrected chi connectivity index (χ4v) is 7.40. The summed E-state index contributed by atoms with van der Waals surface area (Å²) in [7, 11) is 0. The number of benzene rings is 1. The first-order valence-corrected chi connectivity index (χ1v) is 15.4. The Morgan fingerprint density at radius 2 is 1.81 bits per heavy atom. The molecule has 3 aliphatic rings.